The van der Waals surface area contributed by atoms with Crippen LogP contribution in [0.2, 0.25) is 0 Å². The zero-order chi connectivity index (χ0) is 16.2. The first-order chi connectivity index (χ1) is 11.2. The molecule has 1 aromatic carbocycles. The van der Waals surface area contributed by atoms with Gasteiger partial charge in [0, 0.05) is 19.8 Å². The van der Waals surface area contributed by atoms with E-state index in [1.807, 2.05) is 44.4 Å². The van der Waals surface area contributed by atoms with Gasteiger partial charge in [0.2, 0.25) is 0 Å². The number of carbonyl (C=O) groups excluding carboxylic acids is 1. The Morgan fingerprint density at radius 1 is 1.26 bits per heavy atom. The highest BCUT2D eigenvalue weighted by Gasteiger charge is 2.31. The summed E-state index contributed by atoms with van der Waals surface area (Å²) in [5, 5.41) is 4.13. The smallest absolute Gasteiger partial charge is 0.268 e. The Hall–Kier alpha value is -2.50. The molecule has 0 radical (unpaired) electrons. The molecule has 2 heterocycles. The van der Waals surface area contributed by atoms with Crippen molar-refractivity contribution in [3.8, 4) is 11.5 Å². The molecule has 6 heteroatoms. The molecule has 0 bridgehead atoms. The molecular weight excluding hydrogens is 294 g/mol. The molecule has 1 aliphatic rings. The van der Waals surface area contributed by atoms with Crippen LogP contribution in [0.1, 0.15) is 19.8 Å². The van der Waals surface area contributed by atoms with Crippen LogP contribution >= 0.6 is 0 Å². The number of nitrogens with zero attached hydrogens (tertiary/aromatic N) is 3. The average Bonchev–Trinajstić information content (AvgIpc) is 2.98. The maximum absolute atomic E-state index is 12.6. The minimum absolute atomic E-state index is 0.0156. The van der Waals surface area contributed by atoms with Gasteiger partial charge >= 0.3 is 0 Å². The molecule has 0 aliphatic carbocycles. The number of benzene rings is 1. The molecular formula is C17H21N3O3. The molecule has 2 aromatic rings. The number of ether oxygens (including phenoxy) is 2. The van der Waals surface area contributed by atoms with E-state index in [-0.39, 0.29) is 5.91 Å². The number of piperidine rings is 1. The van der Waals surface area contributed by atoms with E-state index < -0.39 is 6.10 Å². The van der Waals surface area contributed by atoms with Crippen LogP contribution in [0.25, 0.3) is 0 Å². The highest BCUT2D eigenvalue weighted by atomic mass is 16.5. The number of rotatable bonds is 5. The van der Waals surface area contributed by atoms with E-state index in [1.165, 1.54) is 0 Å². The van der Waals surface area contributed by atoms with Crippen LogP contribution in [0.3, 0.4) is 0 Å². The molecule has 0 saturated carbocycles. The SMILES string of the molecule is CCOc1ccc(O[C@H]2CCCN(c3cnn(C)c3)C2=O)cc1. The fourth-order valence-corrected chi connectivity index (χ4v) is 2.70. The molecule has 3 rings (SSSR count). The van der Waals surface area contributed by atoms with Gasteiger partial charge in [0.05, 0.1) is 18.5 Å². The van der Waals surface area contributed by atoms with Gasteiger partial charge in [0.25, 0.3) is 5.91 Å². The topological polar surface area (TPSA) is 56.6 Å². The van der Waals surface area contributed by atoms with E-state index in [0.29, 0.717) is 18.9 Å². The van der Waals surface area contributed by atoms with Gasteiger partial charge in [-0.05, 0) is 44.0 Å². The molecule has 0 spiro atoms. The third-order valence-corrected chi connectivity index (χ3v) is 3.81. The van der Waals surface area contributed by atoms with Crippen molar-refractivity contribution in [2.45, 2.75) is 25.9 Å². The van der Waals surface area contributed by atoms with Crippen molar-refractivity contribution in [3.63, 3.8) is 0 Å². The number of aryl methyl sites for hydroxylation is 1. The Bertz CT molecular complexity index is 666. The maximum Gasteiger partial charge on any atom is 0.268 e. The van der Waals surface area contributed by atoms with Crippen molar-refractivity contribution >= 4 is 11.6 Å². The van der Waals surface area contributed by atoms with Crippen molar-refractivity contribution < 1.29 is 14.3 Å². The molecule has 122 valence electrons. The Morgan fingerprint density at radius 2 is 2.00 bits per heavy atom. The Balaban J connectivity index is 1.68. The van der Waals surface area contributed by atoms with E-state index in [4.69, 9.17) is 9.47 Å². The zero-order valence-electron chi connectivity index (χ0n) is 13.4. The average molecular weight is 315 g/mol. The second-order valence-corrected chi connectivity index (χ2v) is 5.52. The largest absolute Gasteiger partial charge is 0.494 e. The predicted octanol–water partition coefficient (Wildman–Crippen LogP) is 2.39. The minimum Gasteiger partial charge on any atom is -0.494 e. The van der Waals surface area contributed by atoms with Crippen molar-refractivity contribution in [3.05, 3.63) is 36.7 Å². The van der Waals surface area contributed by atoms with E-state index in [0.717, 1.165) is 24.3 Å². The molecule has 0 N–H and O–H groups in total. The monoisotopic (exact) mass is 315 g/mol. The van der Waals surface area contributed by atoms with Crippen molar-refractivity contribution in [2.24, 2.45) is 7.05 Å². The standard InChI is InChI=1S/C17H21N3O3/c1-3-22-14-6-8-15(9-7-14)23-16-5-4-10-20(17(16)21)13-11-18-19(2)12-13/h6-9,11-12,16H,3-5,10H2,1-2H3/t16-/m0/s1. The lowest BCUT2D eigenvalue weighted by atomic mass is 10.1. The second-order valence-electron chi connectivity index (χ2n) is 5.52. The van der Waals surface area contributed by atoms with Crippen LogP contribution in [0, 0.1) is 0 Å². The van der Waals surface area contributed by atoms with Crippen LogP contribution in [0.15, 0.2) is 36.7 Å². The van der Waals surface area contributed by atoms with E-state index in [2.05, 4.69) is 5.10 Å². The van der Waals surface area contributed by atoms with Crippen LogP contribution in [0.5, 0.6) is 11.5 Å². The summed E-state index contributed by atoms with van der Waals surface area (Å²) in [6.45, 7) is 3.27. The lowest BCUT2D eigenvalue weighted by molar-refractivity contribution is -0.126. The van der Waals surface area contributed by atoms with Gasteiger partial charge < -0.3 is 14.4 Å². The number of aromatic nitrogens is 2. The van der Waals surface area contributed by atoms with Crippen molar-refractivity contribution in [1.82, 2.24) is 9.78 Å². The third kappa shape index (κ3) is 3.47. The van der Waals surface area contributed by atoms with Crippen LogP contribution in [-0.4, -0.2) is 34.9 Å². The number of hydrogen-bond donors (Lipinski definition) is 0. The normalized spacial score (nSPS) is 18.1. The van der Waals surface area contributed by atoms with Gasteiger partial charge in [0.1, 0.15) is 11.5 Å². The molecule has 1 amide bonds. The Kier molecular flexibility index (Phi) is 4.50. The molecule has 1 aliphatic heterocycles. The van der Waals surface area contributed by atoms with Crippen LogP contribution in [-0.2, 0) is 11.8 Å². The van der Waals surface area contributed by atoms with Crippen LogP contribution < -0.4 is 14.4 Å². The summed E-state index contributed by atoms with van der Waals surface area (Å²) in [4.78, 5) is 14.4. The van der Waals surface area contributed by atoms with E-state index in [9.17, 15) is 4.79 Å². The third-order valence-electron chi connectivity index (χ3n) is 3.81. The summed E-state index contributed by atoms with van der Waals surface area (Å²) in [5.74, 6) is 1.46. The highest BCUT2D eigenvalue weighted by Crippen LogP contribution is 2.25. The van der Waals surface area contributed by atoms with E-state index >= 15 is 0 Å². The maximum atomic E-state index is 12.6. The highest BCUT2D eigenvalue weighted by molar-refractivity contribution is 5.97. The molecule has 1 fully saturated rings. The first-order valence-corrected chi connectivity index (χ1v) is 7.87. The molecule has 23 heavy (non-hydrogen) atoms. The number of anilines is 1. The molecule has 1 aromatic heterocycles. The van der Waals surface area contributed by atoms with Gasteiger partial charge in [-0.3, -0.25) is 9.48 Å². The quantitative estimate of drug-likeness (QED) is 0.850. The van der Waals surface area contributed by atoms with Crippen molar-refractivity contribution in [2.75, 3.05) is 18.1 Å². The van der Waals surface area contributed by atoms with Gasteiger partial charge in [0.15, 0.2) is 6.10 Å². The summed E-state index contributed by atoms with van der Waals surface area (Å²) in [6.07, 6.45) is 4.72. The van der Waals surface area contributed by atoms with Gasteiger partial charge in [-0.1, -0.05) is 0 Å². The fourth-order valence-electron chi connectivity index (χ4n) is 2.70. The summed E-state index contributed by atoms with van der Waals surface area (Å²) in [5.41, 5.74) is 0.817. The first-order valence-electron chi connectivity index (χ1n) is 7.87. The lowest BCUT2D eigenvalue weighted by Gasteiger charge is -2.31. The summed E-state index contributed by atoms with van der Waals surface area (Å²) in [7, 11) is 1.84. The fraction of sp³-hybridized carbons (Fsp3) is 0.412. The van der Waals surface area contributed by atoms with Gasteiger partial charge in [-0.25, -0.2) is 0 Å². The van der Waals surface area contributed by atoms with E-state index in [1.54, 1.807) is 15.8 Å². The zero-order valence-corrected chi connectivity index (χ0v) is 13.4. The van der Waals surface area contributed by atoms with Gasteiger partial charge in [-0.15, -0.1) is 0 Å². The Labute approximate surface area is 135 Å². The summed E-state index contributed by atoms with van der Waals surface area (Å²) >= 11 is 0. The summed E-state index contributed by atoms with van der Waals surface area (Å²) in [6, 6.07) is 7.37. The predicted molar refractivity (Wildman–Crippen MR) is 86.8 cm³/mol. The van der Waals surface area contributed by atoms with Crippen LogP contribution in [0.4, 0.5) is 5.69 Å². The second kappa shape index (κ2) is 6.73. The number of carbonyl (C=O) groups is 1. The minimum atomic E-state index is -0.457. The number of hydrogen-bond acceptors (Lipinski definition) is 4. The number of amides is 1. The summed E-state index contributed by atoms with van der Waals surface area (Å²) < 4.78 is 13.0. The Morgan fingerprint density at radius 3 is 2.65 bits per heavy atom. The van der Waals surface area contributed by atoms with Crippen molar-refractivity contribution in [1.29, 1.82) is 0 Å². The molecule has 6 nitrogen and oxygen atoms in total. The molecule has 1 atom stereocenters. The van der Waals surface area contributed by atoms with Gasteiger partial charge in [-0.2, -0.15) is 5.10 Å². The molecule has 0 unspecified atom stereocenters. The first kappa shape index (κ1) is 15.4. The molecule has 1 saturated heterocycles. The lowest BCUT2D eigenvalue weighted by Crippen LogP contribution is -2.46.